The number of nitrogens with zero attached hydrogens (tertiary/aromatic N) is 2. The van der Waals surface area contributed by atoms with Crippen LogP contribution in [0.5, 0.6) is 0 Å². The maximum Gasteiger partial charge on any atom is 0.271 e. The van der Waals surface area contributed by atoms with Gasteiger partial charge in [-0.2, -0.15) is 5.10 Å². The Morgan fingerprint density at radius 2 is 1.84 bits per heavy atom. The standard InChI is InChI=1S/C15H27N3O/c1-7-8-9-18-13(19)11(15(5,6)16)10-12(17-18)14(2,3)4/h10H,7-9,16H2,1-6H3. The van der Waals surface area contributed by atoms with Gasteiger partial charge in [0.25, 0.3) is 5.56 Å². The summed E-state index contributed by atoms with van der Waals surface area (Å²) in [5.74, 6) is 0. The predicted molar refractivity (Wildman–Crippen MR) is 79.3 cm³/mol. The Morgan fingerprint density at radius 3 is 2.26 bits per heavy atom. The molecule has 0 aromatic carbocycles. The van der Waals surface area contributed by atoms with E-state index in [1.54, 1.807) is 4.68 Å². The van der Waals surface area contributed by atoms with E-state index in [1.165, 1.54) is 0 Å². The summed E-state index contributed by atoms with van der Waals surface area (Å²) in [5, 5.41) is 4.50. The highest BCUT2D eigenvalue weighted by molar-refractivity contribution is 5.24. The third-order valence-electron chi connectivity index (χ3n) is 3.16. The van der Waals surface area contributed by atoms with Gasteiger partial charge in [-0.15, -0.1) is 0 Å². The van der Waals surface area contributed by atoms with Gasteiger partial charge in [0.15, 0.2) is 0 Å². The largest absolute Gasteiger partial charge is 0.322 e. The summed E-state index contributed by atoms with van der Waals surface area (Å²) in [5.41, 5.74) is 6.88. The van der Waals surface area contributed by atoms with Gasteiger partial charge in [-0.3, -0.25) is 4.79 Å². The molecule has 0 fully saturated rings. The van der Waals surface area contributed by atoms with Crippen molar-refractivity contribution in [1.82, 2.24) is 9.78 Å². The molecule has 1 heterocycles. The van der Waals surface area contributed by atoms with E-state index in [0.717, 1.165) is 18.5 Å². The Hall–Kier alpha value is -1.16. The van der Waals surface area contributed by atoms with E-state index in [-0.39, 0.29) is 11.0 Å². The van der Waals surface area contributed by atoms with Crippen molar-refractivity contribution in [3.63, 3.8) is 0 Å². The third-order valence-corrected chi connectivity index (χ3v) is 3.16. The van der Waals surface area contributed by atoms with E-state index in [4.69, 9.17) is 5.73 Å². The Kier molecular flexibility index (Phi) is 4.56. The van der Waals surface area contributed by atoms with Gasteiger partial charge in [-0.1, -0.05) is 34.1 Å². The lowest BCUT2D eigenvalue weighted by Crippen LogP contribution is -2.40. The van der Waals surface area contributed by atoms with Crippen LogP contribution in [-0.2, 0) is 17.5 Å². The van der Waals surface area contributed by atoms with E-state index in [1.807, 2.05) is 19.9 Å². The van der Waals surface area contributed by atoms with Gasteiger partial charge in [0.05, 0.1) is 5.69 Å². The Labute approximate surface area is 116 Å². The summed E-state index contributed by atoms with van der Waals surface area (Å²) in [4.78, 5) is 12.4. The first-order chi connectivity index (χ1) is 8.57. The molecule has 19 heavy (non-hydrogen) atoms. The van der Waals surface area contributed by atoms with Crippen LogP contribution in [0.15, 0.2) is 10.9 Å². The molecule has 0 saturated heterocycles. The maximum absolute atomic E-state index is 12.4. The molecule has 1 aromatic rings. The molecule has 0 aliphatic carbocycles. The molecule has 1 rings (SSSR count). The summed E-state index contributed by atoms with van der Waals surface area (Å²) in [6, 6.07) is 1.87. The topological polar surface area (TPSA) is 60.9 Å². The second kappa shape index (κ2) is 5.45. The minimum atomic E-state index is -0.645. The average Bonchev–Trinajstić information content (AvgIpc) is 2.24. The SMILES string of the molecule is CCCCn1nc(C(C)(C)C)cc(C(C)(C)N)c1=O. The van der Waals surface area contributed by atoms with Crippen LogP contribution in [0.25, 0.3) is 0 Å². The molecule has 0 bridgehead atoms. The fourth-order valence-electron chi connectivity index (χ4n) is 1.83. The highest BCUT2D eigenvalue weighted by Gasteiger charge is 2.25. The van der Waals surface area contributed by atoms with Gasteiger partial charge in [-0.25, -0.2) is 4.68 Å². The van der Waals surface area contributed by atoms with Gasteiger partial charge in [0.1, 0.15) is 0 Å². The lowest BCUT2D eigenvalue weighted by molar-refractivity contribution is 0.460. The minimum absolute atomic E-state index is 0.0612. The van der Waals surface area contributed by atoms with Crippen molar-refractivity contribution in [2.45, 2.75) is 71.9 Å². The molecular weight excluding hydrogens is 238 g/mol. The van der Waals surface area contributed by atoms with Crippen LogP contribution in [0.4, 0.5) is 0 Å². The number of aromatic nitrogens is 2. The molecule has 0 spiro atoms. The molecule has 2 N–H and O–H groups in total. The van der Waals surface area contributed by atoms with Gasteiger partial charge in [-0.05, 0) is 26.3 Å². The maximum atomic E-state index is 12.4. The summed E-state index contributed by atoms with van der Waals surface area (Å²) in [7, 11) is 0. The van der Waals surface area contributed by atoms with Crippen molar-refractivity contribution in [3.8, 4) is 0 Å². The number of nitrogens with two attached hydrogens (primary N) is 1. The molecule has 108 valence electrons. The van der Waals surface area contributed by atoms with Crippen LogP contribution in [0, 0.1) is 0 Å². The van der Waals surface area contributed by atoms with Crippen LogP contribution >= 0.6 is 0 Å². The van der Waals surface area contributed by atoms with Crippen molar-refractivity contribution in [2.75, 3.05) is 0 Å². The van der Waals surface area contributed by atoms with Gasteiger partial charge in [0.2, 0.25) is 0 Å². The first-order valence-corrected chi connectivity index (χ1v) is 6.99. The summed E-state index contributed by atoms with van der Waals surface area (Å²) in [6.07, 6.45) is 1.99. The Morgan fingerprint density at radius 1 is 1.26 bits per heavy atom. The lowest BCUT2D eigenvalue weighted by Gasteiger charge is -2.24. The van der Waals surface area contributed by atoms with E-state index in [2.05, 4.69) is 32.8 Å². The molecule has 0 unspecified atom stereocenters. The second-order valence-corrected chi connectivity index (χ2v) is 6.80. The van der Waals surface area contributed by atoms with Gasteiger partial charge < -0.3 is 5.73 Å². The normalized spacial score (nSPS) is 12.8. The Balaban J connectivity index is 3.44. The Bertz CT molecular complexity index is 490. The molecule has 0 aliphatic rings. The molecule has 4 nitrogen and oxygen atoms in total. The molecule has 4 heteroatoms. The fraction of sp³-hybridized carbons (Fsp3) is 0.733. The van der Waals surface area contributed by atoms with E-state index in [9.17, 15) is 4.79 Å². The molecule has 0 radical (unpaired) electrons. The van der Waals surface area contributed by atoms with E-state index in [0.29, 0.717) is 12.1 Å². The van der Waals surface area contributed by atoms with Crippen molar-refractivity contribution >= 4 is 0 Å². The summed E-state index contributed by atoms with van der Waals surface area (Å²) >= 11 is 0. The zero-order valence-electron chi connectivity index (χ0n) is 13.1. The van der Waals surface area contributed by atoms with Crippen molar-refractivity contribution in [3.05, 3.63) is 27.7 Å². The molecule has 1 aromatic heterocycles. The number of hydrogen-bond donors (Lipinski definition) is 1. The first kappa shape index (κ1) is 15.9. The predicted octanol–water partition coefficient (Wildman–Crippen LogP) is 2.53. The molecule has 0 amide bonds. The van der Waals surface area contributed by atoms with E-state index >= 15 is 0 Å². The zero-order chi connectivity index (χ0) is 14.8. The van der Waals surface area contributed by atoms with Gasteiger partial charge >= 0.3 is 0 Å². The van der Waals surface area contributed by atoms with Gasteiger partial charge in [0, 0.05) is 23.1 Å². The van der Waals surface area contributed by atoms with E-state index < -0.39 is 5.54 Å². The third kappa shape index (κ3) is 3.90. The number of aryl methyl sites for hydroxylation is 1. The van der Waals surface area contributed by atoms with Crippen LogP contribution in [-0.4, -0.2) is 9.78 Å². The quantitative estimate of drug-likeness (QED) is 0.910. The number of hydrogen-bond acceptors (Lipinski definition) is 3. The van der Waals surface area contributed by atoms with Crippen LogP contribution in [0.2, 0.25) is 0 Å². The smallest absolute Gasteiger partial charge is 0.271 e. The van der Waals surface area contributed by atoms with Crippen molar-refractivity contribution in [2.24, 2.45) is 5.73 Å². The number of rotatable bonds is 4. The average molecular weight is 265 g/mol. The highest BCUT2D eigenvalue weighted by Crippen LogP contribution is 2.22. The second-order valence-electron chi connectivity index (χ2n) is 6.80. The number of unbranched alkanes of at least 4 members (excludes halogenated alkanes) is 1. The van der Waals surface area contributed by atoms with Crippen LogP contribution in [0.1, 0.15) is 65.6 Å². The fourth-order valence-corrected chi connectivity index (χ4v) is 1.83. The van der Waals surface area contributed by atoms with Crippen molar-refractivity contribution in [1.29, 1.82) is 0 Å². The van der Waals surface area contributed by atoms with Crippen molar-refractivity contribution < 1.29 is 0 Å². The molecule has 0 saturated carbocycles. The summed E-state index contributed by atoms with van der Waals surface area (Å²) < 4.78 is 1.58. The summed E-state index contributed by atoms with van der Waals surface area (Å²) in [6.45, 7) is 12.8. The molecular formula is C15H27N3O. The minimum Gasteiger partial charge on any atom is -0.322 e. The first-order valence-electron chi connectivity index (χ1n) is 6.99. The lowest BCUT2D eigenvalue weighted by atomic mass is 9.88. The van der Waals surface area contributed by atoms with Crippen LogP contribution < -0.4 is 11.3 Å². The zero-order valence-corrected chi connectivity index (χ0v) is 13.1. The highest BCUT2D eigenvalue weighted by atomic mass is 16.1. The molecule has 0 aliphatic heterocycles. The monoisotopic (exact) mass is 265 g/mol. The molecule has 0 atom stereocenters. The van der Waals surface area contributed by atoms with Crippen LogP contribution in [0.3, 0.4) is 0 Å².